The van der Waals surface area contributed by atoms with Crippen LogP contribution >= 0.6 is 0 Å². The first-order valence-electron chi connectivity index (χ1n) is 8.50. The van der Waals surface area contributed by atoms with Crippen LogP contribution in [-0.2, 0) is 4.74 Å². The molecule has 1 saturated carbocycles. The van der Waals surface area contributed by atoms with E-state index >= 15 is 0 Å². The fourth-order valence-electron chi connectivity index (χ4n) is 3.30. The van der Waals surface area contributed by atoms with Crippen molar-refractivity contribution in [2.45, 2.75) is 76.9 Å². The van der Waals surface area contributed by atoms with Gasteiger partial charge in [0.15, 0.2) is 0 Å². The summed E-state index contributed by atoms with van der Waals surface area (Å²) in [5.41, 5.74) is 0.0642. The SMILES string of the molecule is CNC1(CCCC2CCCN(C(=O)OC(C)(C)C)C2)CC1. The van der Waals surface area contributed by atoms with Gasteiger partial charge in [-0.3, -0.25) is 0 Å². The Hall–Kier alpha value is -0.770. The summed E-state index contributed by atoms with van der Waals surface area (Å²) in [6.07, 6.45) is 8.69. The smallest absolute Gasteiger partial charge is 0.410 e. The Morgan fingerprint density at radius 3 is 2.67 bits per heavy atom. The van der Waals surface area contributed by atoms with E-state index in [2.05, 4.69) is 12.4 Å². The Morgan fingerprint density at radius 1 is 1.38 bits per heavy atom. The summed E-state index contributed by atoms with van der Waals surface area (Å²) in [6, 6.07) is 0. The molecular weight excluding hydrogens is 264 g/mol. The van der Waals surface area contributed by atoms with Crippen LogP contribution in [0.4, 0.5) is 4.79 Å². The van der Waals surface area contributed by atoms with Gasteiger partial charge < -0.3 is 15.0 Å². The predicted octanol–water partition coefficient (Wildman–Crippen LogP) is 3.56. The maximum atomic E-state index is 12.1. The summed E-state index contributed by atoms with van der Waals surface area (Å²) in [7, 11) is 2.08. The normalized spacial score (nSPS) is 24.8. The summed E-state index contributed by atoms with van der Waals surface area (Å²) in [5, 5.41) is 3.46. The largest absolute Gasteiger partial charge is 0.444 e. The van der Waals surface area contributed by atoms with E-state index in [-0.39, 0.29) is 6.09 Å². The molecule has 1 atom stereocenters. The Morgan fingerprint density at radius 2 is 2.10 bits per heavy atom. The van der Waals surface area contributed by atoms with Gasteiger partial charge in [0, 0.05) is 18.6 Å². The number of rotatable bonds is 5. The summed E-state index contributed by atoms with van der Waals surface area (Å²) in [4.78, 5) is 14.0. The molecule has 1 N–H and O–H groups in total. The highest BCUT2D eigenvalue weighted by Gasteiger charge is 2.40. The van der Waals surface area contributed by atoms with Gasteiger partial charge in [0.2, 0.25) is 0 Å². The predicted molar refractivity (Wildman–Crippen MR) is 85.4 cm³/mol. The van der Waals surface area contributed by atoms with Crippen molar-refractivity contribution in [2.24, 2.45) is 5.92 Å². The van der Waals surface area contributed by atoms with E-state index in [4.69, 9.17) is 4.74 Å². The number of likely N-dealkylation sites (tertiary alicyclic amines) is 1. The number of hydrogen-bond donors (Lipinski definition) is 1. The van der Waals surface area contributed by atoms with Gasteiger partial charge in [0.25, 0.3) is 0 Å². The molecule has 21 heavy (non-hydrogen) atoms. The van der Waals surface area contributed by atoms with Gasteiger partial charge in [-0.05, 0) is 72.3 Å². The lowest BCUT2D eigenvalue weighted by molar-refractivity contribution is 0.0160. The Labute approximate surface area is 129 Å². The maximum absolute atomic E-state index is 12.1. The molecule has 1 saturated heterocycles. The topological polar surface area (TPSA) is 41.6 Å². The van der Waals surface area contributed by atoms with E-state index in [0.717, 1.165) is 19.5 Å². The molecule has 2 aliphatic rings. The first kappa shape index (κ1) is 16.6. The van der Waals surface area contributed by atoms with Gasteiger partial charge in [0.1, 0.15) is 5.60 Å². The molecule has 1 unspecified atom stereocenters. The number of carbonyl (C=O) groups is 1. The molecular formula is C17H32N2O2. The molecule has 0 aromatic heterocycles. The zero-order chi connectivity index (χ0) is 15.5. The first-order chi connectivity index (χ1) is 9.84. The average molecular weight is 296 g/mol. The molecule has 0 bridgehead atoms. The fraction of sp³-hybridized carbons (Fsp3) is 0.941. The van der Waals surface area contributed by atoms with Crippen LogP contribution in [-0.4, -0.2) is 42.3 Å². The number of amides is 1. The van der Waals surface area contributed by atoms with Gasteiger partial charge in [-0.25, -0.2) is 4.79 Å². The highest BCUT2D eigenvalue weighted by Crippen LogP contribution is 2.40. The molecule has 0 aromatic carbocycles. The third-order valence-electron chi connectivity index (χ3n) is 4.82. The Balaban J connectivity index is 1.71. The summed E-state index contributed by atoms with van der Waals surface area (Å²) >= 11 is 0. The van der Waals surface area contributed by atoms with E-state index in [1.165, 1.54) is 38.5 Å². The van der Waals surface area contributed by atoms with E-state index in [1.807, 2.05) is 25.7 Å². The van der Waals surface area contributed by atoms with Crippen molar-refractivity contribution in [1.82, 2.24) is 10.2 Å². The minimum atomic E-state index is -0.394. The van der Waals surface area contributed by atoms with Crippen molar-refractivity contribution in [3.05, 3.63) is 0 Å². The highest BCUT2D eigenvalue weighted by molar-refractivity contribution is 5.68. The van der Waals surface area contributed by atoms with Crippen LogP contribution < -0.4 is 5.32 Å². The van der Waals surface area contributed by atoms with E-state index in [9.17, 15) is 4.79 Å². The van der Waals surface area contributed by atoms with Crippen LogP contribution in [0.3, 0.4) is 0 Å². The molecule has 1 aliphatic heterocycles. The second kappa shape index (κ2) is 6.55. The third kappa shape index (κ3) is 5.17. The van der Waals surface area contributed by atoms with Crippen LogP contribution in [0.15, 0.2) is 0 Å². The number of carbonyl (C=O) groups excluding carboxylic acids is 1. The van der Waals surface area contributed by atoms with Crippen molar-refractivity contribution in [3.8, 4) is 0 Å². The first-order valence-corrected chi connectivity index (χ1v) is 8.50. The van der Waals surface area contributed by atoms with Crippen LogP contribution in [0.1, 0.15) is 65.7 Å². The van der Waals surface area contributed by atoms with Crippen LogP contribution in [0.5, 0.6) is 0 Å². The zero-order valence-electron chi connectivity index (χ0n) is 14.2. The Kier molecular flexibility index (Phi) is 5.18. The van der Waals surface area contributed by atoms with Crippen molar-refractivity contribution in [1.29, 1.82) is 0 Å². The molecule has 1 heterocycles. The minimum absolute atomic E-state index is 0.138. The minimum Gasteiger partial charge on any atom is -0.444 e. The van der Waals surface area contributed by atoms with Crippen LogP contribution in [0.2, 0.25) is 0 Å². The molecule has 0 spiro atoms. The molecule has 0 radical (unpaired) electrons. The highest BCUT2D eigenvalue weighted by atomic mass is 16.6. The lowest BCUT2D eigenvalue weighted by atomic mass is 9.91. The molecule has 4 heteroatoms. The Bertz CT molecular complexity index is 358. The second-order valence-corrected chi connectivity index (χ2v) is 7.86. The van der Waals surface area contributed by atoms with E-state index in [1.54, 1.807) is 0 Å². The van der Waals surface area contributed by atoms with Gasteiger partial charge >= 0.3 is 6.09 Å². The monoisotopic (exact) mass is 296 g/mol. The lowest BCUT2D eigenvalue weighted by Gasteiger charge is -2.34. The van der Waals surface area contributed by atoms with Gasteiger partial charge in [-0.1, -0.05) is 6.42 Å². The standard InChI is InChI=1S/C17H32N2O2/c1-16(2,3)21-15(20)19-12-6-8-14(13-19)7-5-9-17(18-4)10-11-17/h14,18H,5-13H2,1-4H3. The maximum Gasteiger partial charge on any atom is 0.410 e. The fourth-order valence-corrected chi connectivity index (χ4v) is 3.30. The molecule has 4 nitrogen and oxygen atoms in total. The molecule has 122 valence electrons. The van der Waals surface area contributed by atoms with Crippen molar-refractivity contribution < 1.29 is 9.53 Å². The number of piperidine rings is 1. The molecule has 2 fully saturated rings. The van der Waals surface area contributed by atoms with Gasteiger partial charge in [-0.2, -0.15) is 0 Å². The molecule has 1 amide bonds. The molecule has 0 aromatic rings. The van der Waals surface area contributed by atoms with Crippen molar-refractivity contribution >= 4 is 6.09 Å². The second-order valence-electron chi connectivity index (χ2n) is 7.86. The summed E-state index contributed by atoms with van der Waals surface area (Å²) in [6.45, 7) is 7.52. The molecule has 1 aliphatic carbocycles. The van der Waals surface area contributed by atoms with Crippen molar-refractivity contribution in [2.75, 3.05) is 20.1 Å². The summed E-state index contributed by atoms with van der Waals surface area (Å²) < 4.78 is 5.49. The number of ether oxygens (including phenoxy) is 1. The third-order valence-corrected chi connectivity index (χ3v) is 4.82. The average Bonchev–Trinajstić information content (AvgIpc) is 3.18. The van der Waals surface area contributed by atoms with E-state index in [0.29, 0.717) is 11.5 Å². The van der Waals surface area contributed by atoms with Crippen molar-refractivity contribution in [3.63, 3.8) is 0 Å². The van der Waals surface area contributed by atoms with Crippen LogP contribution in [0.25, 0.3) is 0 Å². The number of nitrogens with one attached hydrogen (secondary N) is 1. The quantitative estimate of drug-likeness (QED) is 0.843. The van der Waals surface area contributed by atoms with Gasteiger partial charge in [0.05, 0.1) is 0 Å². The van der Waals surface area contributed by atoms with Gasteiger partial charge in [-0.15, -0.1) is 0 Å². The van der Waals surface area contributed by atoms with Crippen LogP contribution in [0, 0.1) is 5.92 Å². The molecule has 2 rings (SSSR count). The number of hydrogen-bond acceptors (Lipinski definition) is 3. The number of nitrogens with zero attached hydrogens (tertiary/aromatic N) is 1. The lowest BCUT2D eigenvalue weighted by Crippen LogP contribution is -2.42. The summed E-state index contributed by atoms with van der Waals surface area (Å²) in [5.74, 6) is 0.652. The zero-order valence-corrected chi connectivity index (χ0v) is 14.2. The van der Waals surface area contributed by atoms with E-state index < -0.39 is 5.60 Å².